The fraction of sp³-hybridized carbons (Fsp3) is 0.368. The van der Waals surface area contributed by atoms with E-state index in [9.17, 15) is 9.18 Å². The molecular weight excluding hydrogens is 397 g/mol. The van der Waals surface area contributed by atoms with E-state index in [0.29, 0.717) is 11.6 Å². The molecule has 0 saturated carbocycles. The van der Waals surface area contributed by atoms with Gasteiger partial charge in [0.25, 0.3) is 0 Å². The molecule has 0 unspecified atom stereocenters. The smallest absolute Gasteiger partial charge is 0.234 e. The molecule has 1 N–H and O–H groups in total. The van der Waals surface area contributed by atoms with E-state index in [0.717, 1.165) is 27.9 Å². The van der Waals surface area contributed by atoms with Gasteiger partial charge in [0.05, 0.1) is 11.4 Å². The summed E-state index contributed by atoms with van der Waals surface area (Å²) in [5.41, 5.74) is 0.838. The number of nitrogens with one attached hydrogen (secondary N) is 1. The molecule has 28 heavy (non-hydrogen) atoms. The first-order valence-electron chi connectivity index (χ1n) is 9.14. The van der Waals surface area contributed by atoms with Gasteiger partial charge in [0.1, 0.15) is 21.9 Å². The van der Waals surface area contributed by atoms with Crippen LogP contribution in [0.2, 0.25) is 0 Å². The number of piperidine rings is 1. The lowest BCUT2D eigenvalue weighted by molar-refractivity contribution is -0.113. The van der Waals surface area contributed by atoms with E-state index in [2.05, 4.69) is 32.1 Å². The third-order valence-electron chi connectivity index (χ3n) is 4.56. The molecule has 0 spiro atoms. The fourth-order valence-corrected chi connectivity index (χ4v) is 5.13. The Morgan fingerprint density at radius 3 is 3.07 bits per heavy atom. The lowest BCUT2D eigenvalue weighted by Crippen LogP contribution is -2.34. The van der Waals surface area contributed by atoms with Crippen molar-refractivity contribution in [3.63, 3.8) is 0 Å². The van der Waals surface area contributed by atoms with E-state index in [1.54, 1.807) is 23.5 Å². The Bertz CT molecular complexity index is 995. The van der Waals surface area contributed by atoms with Crippen LogP contribution in [0.25, 0.3) is 10.3 Å². The number of fused-ring (bicyclic) bond motifs is 1. The largest absolute Gasteiger partial charge is 0.348 e. The average molecular weight is 418 g/mol. The molecule has 0 aliphatic carbocycles. The number of para-hydroxylation sites is 1. The zero-order valence-corrected chi connectivity index (χ0v) is 17.0. The molecular formula is C19H20FN5OS2. The summed E-state index contributed by atoms with van der Waals surface area (Å²) in [7, 11) is 0. The second kappa shape index (κ2) is 8.40. The van der Waals surface area contributed by atoms with Crippen LogP contribution in [0.15, 0.2) is 35.6 Å². The first kappa shape index (κ1) is 19.1. The van der Waals surface area contributed by atoms with Crippen molar-refractivity contribution in [1.29, 1.82) is 0 Å². The molecule has 0 radical (unpaired) electrons. The lowest BCUT2D eigenvalue weighted by Gasteiger charge is -2.30. The van der Waals surface area contributed by atoms with E-state index in [4.69, 9.17) is 0 Å². The van der Waals surface area contributed by atoms with E-state index >= 15 is 0 Å². The second-order valence-corrected chi connectivity index (χ2v) is 8.78. The number of carbonyl (C=O) groups is 1. The van der Waals surface area contributed by atoms with Crippen LogP contribution in [-0.4, -0.2) is 39.7 Å². The summed E-state index contributed by atoms with van der Waals surface area (Å²) in [6.07, 6.45) is 3.89. The quantitative estimate of drug-likeness (QED) is 0.496. The van der Waals surface area contributed by atoms with Crippen molar-refractivity contribution in [2.24, 2.45) is 5.92 Å². The molecule has 1 aliphatic rings. The SMILES string of the molecule is C[C@@H]1CCCN(c2nc3ncnc(SCC(=O)Nc4ccccc4F)c3s2)C1. The van der Waals surface area contributed by atoms with Gasteiger partial charge in [0.15, 0.2) is 10.8 Å². The zero-order valence-electron chi connectivity index (χ0n) is 15.4. The summed E-state index contributed by atoms with van der Waals surface area (Å²) < 4.78 is 14.6. The molecule has 146 valence electrons. The van der Waals surface area contributed by atoms with Crippen molar-refractivity contribution in [1.82, 2.24) is 15.0 Å². The number of hydrogen-bond acceptors (Lipinski definition) is 7. The van der Waals surface area contributed by atoms with Crippen LogP contribution in [-0.2, 0) is 4.79 Å². The number of nitrogens with zero attached hydrogens (tertiary/aromatic N) is 4. The molecule has 1 saturated heterocycles. The van der Waals surface area contributed by atoms with Gasteiger partial charge in [-0.15, -0.1) is 0 Å². The normalized spacial score (nSPS) is 17.1. The van der Waals surface area contributed by atoms with Gasteiger partial charge in [-0.3, -0.25) is 4.79 Å². The number of carbonyl (C=O) groups excluding carboxylic acids is 1. The van der Waals surface area contributed by atoms with Gasteiger partial charge >= 0.3 is 0 Å². The highest BCUT2D eigenvalue weighted by Gasteiger charge is 2.21. The van der Waals surface area contributed by atoms with Crippen molar-refractivity contribution in [2.45, 2.75) is 24.8 Å². The Labute approximate surface area is 170 Å². The van der Waals surface area contributed by atoms with Crippen LogP contribution in [0.5, 0.6) is 0 Å². The van der Waals surface area contributed by atoms with Crippen LogP contribution in [0.1, 0.15) is 19.8 Å². The topological polar surface area (TPSA) is 71.0 Å². The third-order valence-corrected chi connectivity index (χ3v) is 6.79. The summed E-state index contributed by atoms with van der Waals surface area (Å²) >= 11 is 2.88. The Morgan fingerprint density at radius 2 is 2.25 bits per heavy atom. The summed E-state index contributed by atoms with van der Waals surface area (Å²) in [5, 5.41) is 4.27. The Morgan fingerprint density at radius 1 is 1.39 bits per heavy atom. The molecule has 1 aliphatic heterocycles. The van der Waals surface area contributed by atoms with Gasteiger partial charge in [-0.1, -0.05) is 42.2 Å². The number of hydrogen-bond donors (Lipinski definition) is 1. The maximum absolute atomic E-state index is 13.7. The van der Waals surface area contributed by atoms with Crippen LogP contribution >= 0.6 is 23.1 Å². The van der Waals surface area contributed by atoms with E-state index in [-0.39, 0.29) is 17.3 Å². The molecule has 3 aromatic rings. The summed E-state index contributed by atoms with van der Waals surface area (Å²) in [5.74, 6) is 0.0568. The Balaban J connectivity index is 1.46. The first-order chi connectivity index (χ1) is 13.6. The van der Waals surface area contributed by atoms with Gasteiger partial charge in [-0.05, 0) is 30.9 Å². The summed E-state index contributed by atoms with van der Waals surface area (Å²) in [6.45, 7) is 4.26. The second-order valence-electron chi connectivity index (χ2n) is 6.84. The molecule has 2 aromatic heterocycles. The molecule has 1 aromatic carbocycles. The number of anilines is 2. The first-order valence-corrected chi connectivity index (χ1v) is 10.9. The monoisotopic (exact) mass is 417 g/mol. The molecule has 4 rings (SSSR count). The predicted octanol–water partition coefficient (Wildman–Crippen LogP) is 4.19. The van der Waals surface area contributed by atoms with Gasteiger partial charge in [0, 0.05) is 13.1 Å². The van der Waals surface area contributed by atoms with Gasteiger partial charge in [-0.2, -0.15) is 4.98 Å². The predicted molar refractivity (Wildman–Crippen MR) is 112 cm³/mol. The molecule has 1 fully saturated rings. The number of thiazole rings is 1. The van der Waals surface area contributed by atoms with Crippen LogP contribution < -0.4 is 10.2 Å². The van der Waals surface area contributed by atoms with Gasteiger partial charge in [0.2, 0.25) is 5.91 Å². The minimum Gasteiger partial charge on any atom is -0.348 e. The molecule has 1 atom stereocenters. The fourth-order valence-electron chi connectivity index (χ4n) is 3.21. The highest BCUT2D eigenvalue weighted by molar-refractivity contribution is 8.00. The Kier molecular flexibility index (Phi) is 5.72. The number of aromatic nitrogens is 3. The van der Waals surface area contributed by atoms with Crippen LogP contribution in [0.4, 0.5) is 15.2 Å². The van der Waals surface area contributed by atoms with Crippen molar-refractivity contribution >= 4 is 50.2 Å². The molecule has 1 amide bonds. The number of benzene rings is 1. The van der Waals surface area contributed by atoms with Crippen LogP contribution in [0, 0.1) is 11.7 Å². The van der Waals surface area contributed by atoms with Crippen molar-refractivity contribution in [3.05, 3.63) is 36.4 Å². The highest BCUT2D eigenvalue weighted by atomic mass is 32.2. The maximum atomic E-state index is 13.7. The summed E-state index contributed by atoms with van der Waals surface area (Å²) in [6, 6.07) is 6.12. The number of thioether (sulfide) groups is 1. The van der Waals surface area contributed by atoms with Crippen molar-refractivity contribution in [3.8, 4) is 0 Å². The van der Waals surface area contributed by atoms with E-state index in [1.807, 2.05) is 0 Å². The van der Waals surface area contributed by atoms with E-state index < -0.39 is 5.82 Å². The minimum absolute atomic E-state index is 0.133. The van der Waals surface area contributed by atoms with Crippen molar-refractivity contribution in [2.75, 3.05) is 29.1 Å². The van der Waals surface area contributed by atoms with Gasteiger partial charge in [-0.25, -0.2) is 14.4 Å². The lowest BCUT2D eigenvalue weighted by atomic mass is 10.0. The molecule has 9 heteroatoms. The van der Waals surface area contributed by atoms with E-state index in [1.165, 1.54) is 43.1 Å². The van der Waals surface area contributed by atoms with Crippen LogP contribution in [0.3, 0.4) is 0 Å². The molecule has 0 bridgehead atoms. The van der Waals surface area contributed by atoms with Crippen molar-refractivity contribution < 1.29 is 9.18 Å². The van der Waals surface area contributed by atoms with Gasteiger partial charge < -0.3 is 10.2 Å². The maximum Gasteiger partial charge on any atom is 0.234 e. The number of halogens is 1. The molecule has 6 nitrogen and oxygen atoms in total. The summed E-state index contributed by atoms with van der Waals surface area (Å²) in [4.78, 5) is 27.8. The number of amides is 1. The number of rotatable bonds is 5. The highest BCUT2D eigenvalue weighted by Crippen LogP contribution is 2.35. The molecule has 3 heterocycles. The minimum atomic E-state index is -0.451. The zero-order chi connectivity index (χ0) is 19.5. The average Bonchev–Trinajstić information content (AvgIpc) is 3.13. The third kappa shape index (κ3) is 4.25. The standard InChI is InChI=1S/C19H20FN5OS2/c1-12-5-4-8-25(9-12)19-24-17-16(28-19)18(22-11-21-17)27-10-15(26)23-14-7-3-2-6-13(14)20/h2-3,6-7,11-12H,4-5,8-10H2,1H3,(H,23,26)/t12-/m1/s1. The Hall–Kier alpha value is -2.26.